The highest BCUT2D eigenvalue weighted by Crippen LogP contribution is 2.18. The fraction of sp³-hybridized carbons (Fsp3) is 0.133. The van der Waals surface area contributed by atoms with Crippen LogP contribution in [0, 0.1) is 6.92 Å². The Morgan fingerprint density at radius 1 is 1.32 bits per heavy atom. The number of aryl methyl sites for hydroxylation is 1. The fourth-order valence-electron chi connectivity index (χ4n) is 2.12. The van der Waals surface area contributed by atoms with Crippen molar-refractivity contribution in [3.63, 3.8) is 0 Å². The van der Waals surface area contributed by atoms with E-state index in [1.165, 1.54) is 11.1 Å². The first kappa shape index (κ1) is 12.0. The molecule has 2 aromatic heterocycles. The summed E-state index contributed by atoms with van der Waals surface area (Å²) in [6.07, 6.45) is 1.85. The van der Waals surface area contributed by atoms with Crippen LogP contribution in [0.3, 0.4) is 0 Å². The SMILES string of the molecule is Cc1cscc1CNC(=O)c1cccc2[nH]ccc12. The van der Waals surface area contributed by atoms with Crippen molar-refractivity contribution in [1.29, 1.82) is 0 Å². The van der Waals surface area contributed by atoms with Gasteiger partial charge in [0.2, 0.25) is 0 Å². The van der Waals surface area contributed by atoms with Gasteiger partial charge in [-0.25, -0.2) is 0 Å². The Hall–Kier alpha value is -2.07. The number of H-pyrrole nitrogens is 1. The van der Waals surface area contributed by atoms with Gasteiger partial charge in [-0.1, -0.05) is 6.07 Å². The molecule has 19 heavy (non-hydrogen) atoms. The third-order valence-corrected chi connectivity index (χ3v) is 4.15. The molecule has 0 aliphatic heterocycles. The number of aromatic nitrogens is 1. The van der Waals surface area contributed by atoms with Crippen molar-refractivity contribution in [2.24, 2.45) is 0 Å². The van der Waals surface area contributed by atoms with E-state index in [-0.39, 0.29) is 5.91 Å². The van der Waals surface area contributed by atoms with Gasteiger partial charge in [0.25, 0.3) is 5.91 Å². The van der Waals surface area contributed by atoms with Gasteiger partial charge in [-0.2, -0.15) is 11.3 Å². The lowest BCUT2D eigenvalue weighted by atomic mass is 10.1. The van der Waals surface area contributed by atoms with E-state index in [0.717, 1.165) is 10.9 Å². The van der Waals surface area contributed by atoms with Gasteiger partial charge in [-0.3, -0.25) is 4.79 Å². The quantitative estimate of drug-likeness (QED) is 0.752. The minimum absolute atomic E-state index is 0.0317. The molecule has 0 unspecified atom stereocenters. The van der Waals surface area contributed by atoms with Crippen LogP contribution in [0.25, 0.3) is 10.9 Å². The molecule has 3 aromatic rings. The van der Waals surface area contributed by atoms with Crippen LogP contribution in [0.5, 0.6) is 0 Å². The van der Waals surface area contributed by atoms with Gasteiger partial charge in [0.15, 0.2) is 0 Å². The zero-order valence-electron chi connectivity index (χ0n) is 10.6. The van der Waals surface area contributed by atoms with Gasteiger partial charge in [0, 0.05) is 29.2 Å². The number of thiophene rings is 1. The monoisotopic (exact) mass is 270 g/mol. The summed E-state index contributed by atoms with van der Waals surface area (Å²) >= 11 is 1.66. The van der Waals surface area contributed by atoms with Crippen molar-refractivity contribution in [1.82, 2.24) is 10.3 Å². The van der Waals surface area contributed by atoms with Crippen LogP contribution in [-0.2, 0) is 6.54 Å². The molecule has 0 aliphatic carbocycles. The Balaban J connectivity index is 1.81. The molecule has 3 rings (SSSR count). The van der Waals surface area contributed by atoms with Gasteiger partial charge < -0.3 is 10.3 Å². The van der Waals surface area contributed by atoms with Crippen LogP contribution in [0.2, 0.25) is 0 Å². The van der Waals surface area contributed by atoms with Crippen LogP contribution < -0.4 is 5.32 Å². The maximum atomic E-state index is 12.2. The normalized spacial score (nSPS) is 10.8. The van der Waals surface area contributed by atoms with Crippen molar-refractivity contribution in [2.45, 2.75) is 13.5 Å². The van der Waals surface area contributed by atoms with Crippen LogP contribution in [0.4, 0.5) is 0 Å². The minimum Gasteiger partial charge on any atom is -0.361 e. The second kappa shape index (κ2) is 4.90. The van der Waals surface area contributed by atoms with Gasteiger partial charge in [-0.05, 0) is 47.0 Å². The number of aromatic amines is 1. The van der Waals surface area contributed by atoms with E-state index >= 15 is 0 Å². The highest BCUT2D eigenvalue weighted by atomic mass is 32.1. The number of carbonyl (C=O) groups is 1. The summed E-state index contributed by atoms with van der Waals surface area (Å²) in [4.78, 5) is 15.4. The topological polar surface area (TPSA) is 44.9 Å². The first-order chi connectivity index (χ1) is 9.25. The Morgan fingerprint density at radius 2 is 2.21 bits per heavy atom. The van der Waals surface area contributed by atoms with E-state index in [1.54, 1.807) is 11.3 Å². The van der Waals surface area contributed by atoms with E-state index in [0.29, 0.717) is 12.1 Å². The molecule has 0 atom stereocenters. The largest absolute Gasteiger partial charge is 0.361 e. The lowest BCUT2D eigenvalue weighted by molar-refractivity contribution is 0.0952. The molecule has 96 valence electrons. The highest BCUT2D eigenvalue weighted by molar-refractivity contribution is 7.08. The molecular weight excluding hydrogens is 256 g/mol. The van der Waals surface area contributed by atoms with E-state index < -0.39 is 0 Å². The summed E-state index contributed by atoms with van der Waals surface area (Å²) < 4.78 is 0. The molecule has 2 N–H and O–H groups in total. The zero-order valence-corrected chi connectivity index (χ0v) is 11.4. The Kier molecular flexibility index (Phi) is 3.09. The third-order valence-electron chi connectivity index (χ3n) is 3.24. The van der Waals surface area contributed by atoms with Crippen LogP contribution in [0.1, 0.15) is 21.5 Å². The number of nitrogens with one attached hydrogen (secondary N) is 2. The van der Waals surface area contributed by atoms with E-state index in [2.05, 4.69) is 28.0 Å². The maximum Gasteiger partial charge on any atom is 0.252 e. The average Bonchev–Trinajstić information content (AvgIpc) is 3.04. The molecule has 4 heteroatoms. The second-order valence-electron chi connectivity index (χ2n) is 4.51. The molecule has 1 amide bonds. The third kappa shape index (κ3) is 2.27. The first-order valence-electron chi connectivity index (χ1n) is 6.11. The number of benzene rings is 1. The number of amides is 1. The summed E-state index contributed by atoms with van der Waals surface area (Å²) in [5, 5.41) is 8.11. The number of carbonyl (C=O) groups excluding carboxylic acids is 1. The van der Waals surface area contributed by atoms with Crippen LogP contribution in [-0.4, -0.2) is 10.9 Å². The van der Waals surface area contributed by atoms with Gasteiger partial charge in [0.05, 0.1) is 0 Å². The fourth-order valence-corrected chi connectivity index (χ4v) is 2.98. The first-order valence-corrected chi connectivity index (χ1v) is 7.06. The summed E-state index contributed by atoms with van der Waals surface area (Å²) in [5.41, 5.74) is 4.11. The Labute approximate surface area is 115 Å². The molecular formula is C15H14N2OS. The lowest BCUT2D eigenvalue weighted by Gasteiger charge is -2.06. The van der Waals surface area contributed by atoms with E-state index in [1.807, 2.05) is 30.5 Å². The molecule has 0 aliphatic rings. The summed E-state index contributed by atoms with van der Waals surface area (Å²) in [6.45, 7) is 2.64. The van der Waals surface area contributed by atoms with Crippen LogP contribution >= 0.6 is 11.3 Å². The average molecular weight is 270 g/mol. The number of hydrogen-bond donors (Lipinski definition) is 2. The van der Waals surface area contributed by atoms with Crippen molar-refractivity contribution in [3.8, 4) is 0 Å². The van der Waals surface area contributed by atoms with Gasteiger partial charge in [0.1, 0.15) is 0 Å². The minimum atomic E-state index is -0.0317. The predicted molar refractivity (Wildman–Crippen MR) is 78.5 cm³/mol. The maximum absolute atomic E-state index is 12.2. The summed E-state index contributed by atoms with van der Waals surface area (Å²) in [6, 6.07) is 7.64. The Bertz CT molecular complexity index is 726. The molecule has 0 radical (unpaired) electrons. The van der Waals surface area contributed by atoms with E-state index in [9.17, 15) is 4.79 Å². The molecule has 2 heterocycles. The van der Waals surface area contributed by atoms with Crippen molar-refractivity contribution >= 4 is 28.1 Å². The highest BCUT2D eigenvalue weighted by Gasteiger charge is 2.10. The number of hydrogen-bond acceptors (Lipinski definition) is 2. The molecule has 0 saturated heterocycles. The second-order valence-corrected chi connectivity index (χ2v) is 5.25. The molecule has 0 spiro atoms. The van der Waals surface area contributed by atoms with Crippen molar-refractivity contribution in [3.05, 3.63) is 57.9 Å². The van der Waals surface area contributed by atoms with Gasteiger partial charge >= 0.3 is 0 Å². The smallest absolute Gasteiger partial charge is 0.252 e. The predicted octanol–water partition coefficient (Wildman–Crippen LogP) is 3.47. The zero-order chi connectivity index (χ0) is 13.2. The lowest BCUT2D eigenvalue weighted by Crippen LogP contribution is -2.23. The molecule has 0 fully saturated rings. The van der Waals surface area contributed by atoms with Crippen LogP contribution in [0.15, 0.2) is 41.2 Å². The Morgan fingerprint density at radius 3 is 3.00 bits per heavy atom. The van der Waals surface area contributed by atoms with E-state index in [4.69, 9.17) is 0 Å². The summed E-state index contributed by atoms with van der Waals surface area (Å²) in [5.74, 6) is -0.0317. The summed E-state index contributed by atoms with van der Waals surface area (Å²) in [7, 11) is 0. The molecule has 3 nitrogen and oxygen atoms in total. The standard InChI is InChI=1S/C15H14N2OS/c1-10-8-19-9-11(10)7-17-15(18)13-3-2-4-14-12(13)5-6-16-14/h2-6,8-9,16H,7H2,1H3,(H,17,18). The van der Waals surface area contributed by atoms with Crippen molar-refractivity contribution < 1.29 is 4.79 Å². The number of rotatable bonds is 3. The van der Waals surface area contributed by atoms with Gasteiger partial charge in [-0.15, -0.1) is 0 Å². The molecule has 1 aromatic carbocycles. The van der Waals surface area contributed by atoms with Crippen molar-refractivity contribution in [2.75, 3.05) is 0 Å². The number of fused-ring (bicyclic) bond motifs is 1. The molecule has 0 saturated carbocycles. The molecule has 0 bridgehead atoms.